The third-order valence-corrected chi connectivity index (χ3v) is 5.20. The molecule has 1 N–H and O–H groups in total. The Bertz CT molecular complexity index is 1200. The Hall–Kier alpha value is -3.39. The minimum Gasteiger partial charge on any atom is -0.493 e. The summed E-state index contributed by atoms with van der Waals surface area (Å²) >= 11 is 3.43. The van der Waals surface area contributed by atoms with E-state index in [2.05, 4.69) is 31.4 Å². The highest BCUT2D eigenvalue weighted by molar-refractivity contribution is 9.10. The van der Waals surface area contributed by atoms with E-state index in [4.69, 9.17) is 9.47 Å². The van der Waals surface area contributed by atoms with Crippen molar-refractivity contribution in [3.05, 3.63) is 76.4 Å². The molecule has 1 amide bonds. The topological polar surface area (TPSA) is 77.8 Å². The van der Waals surface area contributed by atoms with E-state index in [9.17, 15) is 4.79 Å². The third kappa shape index (κ3) is 3.99. The molecule has 0 saturated carbocycles. The van der Waals surface area contributed by atoms with Crippen molar-refractivity contribution in [1.29, 1.82) is 0 Å². The standard InChI is InChI=1S/C22H19BrN4O3/c1-29-18-8-3-14(11-19(18)30-2)13-24-22(28)16-9-10-27-20(12-16)25-26-21(27)15-4-6-17(23)7-5-15/h3-12H,13H2,1-2H3,(H,24,28). The Labute approximate surface area is 181 Å². The molecule has 8 heteroatoms. The molecular formula is C22H19BrN4O3. The number of ether oxygens (including phenoxy) is 2. The molecule has 7 nitrogen and oxygen atoms in total. The lowest BCUT2D eigenvalue weighted by Gasteiger charge is -2.10. The molecule has 0 aliphatic carbocycles. The number of methoxy groups -OCH3 is 2. The summed E-state index contributed by atoms with van der Waals surface area (Å²) < 4.78 is 13.4. The number of benzene rings is 2. The van der Waals surface area contributed by atoms with E-state index in [0.29, 0.717) is 29.3 Å². The van der Waals surface area contributed by atoms with Gasteiger partial charge in [-0.15, -0.1) is 10.2 Å². The van der Waals surface area contributed by atoms with Crippen molar-refractivity contribution >= 4 is 27.5 Å². The Morgan fingerprint density at radius 2 is 1.77 bits per heavy atom. The summed E-state index contributed by atoms with van der Waals surface area (Å²) in [5, 5.41) is 11.4. The van der Waals surface area contributed by atoms with Crippen LogP contribution in [0.25, 0.3) is 17.0 Å². The second kappa shape index (κ2) is 8.54. The Balaban J connectivity index is 1.51. The lowest BCUT2D eigenvalue weighted by atomic mass is 10.2. The highest BCUT2D eigenvalue weighted by atomic mass is 79.9. The Morgan fingerprint density at radius 1 is 1.00 bits per heavy atom. The number of rotatable bonds is 6. The van der Waals surface area contributed by atoms with E-state index in [1.54, 1.807) is 32.5 Å². The molecule has 4 rings (SSSR count). The van der Waals surface area contributed by atoms with E-state index >= 15 is 0 Å². The maximum Gasteiger partial charge on any atom is 0.251 e. The van der Waals surface area contributed by atoms with Crippen LogP contribution >= 0.6 is 15.9 Å². The fourth-order valence-corrected chi connectivity index (χ4v) is 3.37. The molecule has 0 aliphatic heterocycles. The molecule has 0 unspecified atom stereocenters. The van der Waals surface area contributed by atoms with E-state index in [-0.39, 0.29) is 5.91 Å². The second-order valence-electron chi connectivity index (χ2n) is 6.55. The summed E-state index contributed by atoms with van der Waals surface area (Å²) in [4.78, 5) is 12.6. The predicted molar refractivity (Wildman–Crippen MR) is 117 cm³/mol. The number of nitrogens with zero attached hydrogens (tertiary/aromatic N) is 3. The summed E-state index contributed by atoms with van der Waals surface area (Å²) in [7, 11) is 3.17. The van der Waals surface area contributed by atoms with Gasteiger partial charge < -0.3 is 14.8 Å². The SMILES string of the molecule is COc1ccc(CNC(=O)c2ccn3c(-c4ccc(Br)cc4)nnc3c2)cc1OC. The number of carbonyl (C=O) groups excluding carboxylic acids is 1. The van der Waals surface area contributed by atoms with Crippen LogP contribution in [0, 0.1) is 0 Å². The zero-order valence-corrected chi connectivity index (χ0v) is 18.0. The monoisotopic (exact) mass is 466 g/mol. The van der Waals surface area contributed by atoms with E-state index in [0.717, 1.165) is 21.4 Å². The Morgan fingerprint density at radius 3 is 2.50 bits per heavy atom. The minimum absolute atomic E-state index is 0.194. The summed E-state index contributed by atoms with van der Waals surface area (Å²) in [5.74, 6) is 1.79. The first-order valence-electron chi connectivity index (χ1n) is 9.19. The van der Waals surface area contributed by atoms with Crippen molar-refractivity contribution in [2.24, 2.45) is 0 Å². The molecule has 0 atom stereocenters. The normalized spacial score (nSPS) is 10.8. The zero-order valence-electron chi connectivity index (χ0n) is 16.4. The molecular weight excluding hydrogens is 448 g/mol. The van der Waals surface area contributed by atoms with Crippen LogP contribution in [0.3, 0.4) is 0 Å². The molecule has 0 bridgehead atoms. The predicted octanol–water partition coefficient (Wildman–Crippen LogP) is 4.11. The number of carbonyl (C=O) groups is 1. The van der Waals surface area contributed by atoms with Crippen LogP contribution in [-0.4, -0.2) is 34.7 Å². The van der Waals surface area contributed by atoms with Gasteiger partial charge in [-0.25, -0.2) is 0 Å². The van der Waals surface area contributed by atoms with Crippen LogP contribution in [0.15, 0.2) is 65.3 Å². The average molecular weight is 467 g/mol. The first-order valence-corrected chi connectivity index (χ1v) is 9.98. The maximum atomic E-state index is 12.6. The summed E-state index contributed by atoms with van der Waals surface area (Å²) in [6.45, 7) is 0.362. The van der Waals surface area contributed by atoms with Gasteiger partial charge in [-0.2, -0.15) is 0 Å². The first-order chi connectivity index (χ1) is 14.6. The van der Waals surface area contributed by atoms with Crippen molar-refractivity contribution in [2.45, 2.75) is 6.54 Å². The van der Waals surface area contributed by atoms with Gasteiger partial charge in [0, 0.05) is 28.3 Å². The molecule has 2 aromatic carbocycles. The van der Waals surface area contributed by atoms with Crippen LogP contribution in [0.2, 0.25) is 0 Å². The highest BCUT2D eigenvalue weighted by Crippen LogP contribution is 2.27. The van der Waals surface area contributed by atoms with Gasteiger partial charge in [-0.05, 0) is 42.0 Å². The summed E-state index contributed by atoms with van der Waals surface area (Å²) in [6.07, 6.45) is 1.80. The van der Waals surface area contributed by atoms with Crippen molar-refractivity contribution in [3.8, 4) is 22.9 Å². The van der Waals surface area contributed by atoms with Crippen LogP contribution in [0.5, 0.6) is 11.5 Å². The molecule has 4 aromatic rings. The first kappa shape index (κ1) is 19.9. The second-order valence-corrected chi connectivity index (χ2v) is 7.46. The van der Waals surface area contributed by atoms with Gasteiger partial charge in [0.05, 0.1) is 14.2 Å². The largest absolute Gasteiger partial charge is 0.493 e. The van der Waals surface area contributed by atoms with Gasteiger partial charge in [-0.1, -0.05) is 34.1 Å². The molecule has 0 radical (unpaired) electrons. The number of nitrogens with one attached hydrogen (secondary N) is 1. The molecule has 30 heavy (non-hydrogen) atoms. The molecule has 152 valence electrons. The zero-order chi connectivity index (χ0) is 21.1. The Kier molecular flexibility index (Phi) is 5.67. The fourth-order valence-electron chi connectivity index (χ4n) is 3.10. The number of amides is 1. The lowest BCUT2D eigenvalue weighted by Crippen LogP contribution is -2.22. The number of pyridine rings is 1. The van der Waals surface area contributed by atoms with Crippen LogP contribution in [0.1, 0.15) is 15.9 Å². The number of hydrogen-bond acceptors (Lipinski definition) is 5. The van der Waals surface area contributed by atoms with Crippen molar-refractivity contribution in [1.82, 2.24) is 19.9 Å². The van der Waals surface area contributed by atoms with Crippen molar-refractivity contribution < 1.29 is 14.3 Å². The fraction of sp³-hybridized carbons (Fsp3) is 0.136. The number of halogens is 1. The minimum atomic E-state index is -0.194. The van der Waals surface area contributed by atoms with Crippen molar-refractivity contribution in [2.75, 3.05) is 14.2 Å². The molecule has 0 spiro atoms. The van der Waals surface area contributed by atoms with Gasteiger partial charge in [0.15, 0.2) is 23.0 Å². The number of fused-ring (bicyclic) bond motifs is 1. The smallest absolute Gasteiger partial charge is 0.251 e. The molecule has 2 heterocycles. The van der Waals surface area contributed by atoms with Gasteiger partial charge >= 0.3 is 0 Å². The molecule has 2 aromatic heterocycles. The average Bonchev–Trinajstić information content (AvgIpc) is 3.21. The van der Waals surface area contributed by atoms with Crippen LogP contribution < -0.4 is 14.8 Å². The summed E-state index contributed by atoms with van der Waals surface area (Å²) in [6, 6.07) is 16.8. The van der Waals surface area contributed by atoms with Gasteiger partial charge in [-0.3, -0.25) is 9.20 Å². The number of hydrogen-bond donors (Lipinski definition) is 1. The van der Waals surface area contributed by atoms with E-state index < -0.39 is 0 Å². The van der Waals surface area contributed by atoms with Crippen LogP contribution in [-0.2, 0) is 6.54 Å². The van der Waals surface area contributed by atoms with Crippen LogP contribution in [0.4, 0.5) is 0 Å². The summed E-state index contributed by atoms with van der Waals surface area (Å²) in [5.41, 5.74) is 2.96. The molecule has 0 aliphatic rings. The van der Waals surface area contributed by atoms with E-state index in [1.165, 1.54) is 0 Å². The van der Waals surface area contributed by atoms with Gasteiger partial charge in [0.25, 0.3) is 5.91 Å². The van der Waals surface area contributed by atoms with Gasteiger partial charge in [0.2, 0.25) is 0 Å². The maximum absolute atomic E-state index is 12.6. The molecule has 0 fully saturated rings. The van der Waals surface area contributed by atoms with E-state index in [1.807, 2.05) is 46.9 Å². The van der Waals surface area contributed by atoms with Crippen molar-refractivity contribution in [3.63, 3.8) is 0 Å². The van der Waals surface area contributed by atoms with Gasteiger partial charge in [0.1, 0.15) is 0 Å². The quantitative estimate of drug-likeness (QED) is 0.462. The number of aromatic nitrogens is 3. The molecule has 0 saturated heterocycles. The third-order valence-electron chi connectivity index (χ3n) is 4.68. The lowest BCUT2D eigenvalue weighted by molar-refractivity contribution is 0.0951. The highest BCUT2D eigenvalue weighted by Gasteiger charge is 2.12.